The summed E-state index contributed by atoms with van der Waals surface area (Å²) in [5.41, 5.74) is 1.60. The van der Waals surface area contributed by atoms with Crippen LogP contribution in [0.25, 0.3) is 11.4 Å². The van der Waals surface area contributed by atoms with Gasteiger partial charge in [0.15, 0.2) is 0 Å². The van der Waals surface area contributed by atoms with E-state index >= 15 is 0 Å². The van der Waals surface area contributed by atoms with Crippen LogP contribution in [0.5, 0.6) is 11.5 Å². The molecule has 0 spiro atoms. The minimum atomic E-state index is -0.339. The van der Waals surface area contributed by atoms with E-state index in [0.717, 1.165) is 55.8 Å². The molecule has 0 saturated carbocycles. The maximum atomic E-state index is 13.6. The van der Waals surface area contributed by atoms with Crippen LogP contribution in [-0.2, 0) is 4.79 Å². The molecule has 8 nitrogen and oxygen atoms in total. The van der Waals surface area contributed by atoms with Crippen molar-refractivity contribution in [3.05, 3.63) is 59.7 Å². The molecular formula is C27H31FN4O4. The summed E-state index contributed by atoms with van der Waals surface area (Å²) in [6, 6.07) is 11.9. The molecule has 2 aliphatic rings. The van der Waals surface area contributed by atoms with Crippen molar-refractivity contribution in [3.63, 3.8) is 0 Å². The normalized spacial score (nSPS) is 20.5. The lowest BCUT2D eigenvalue weighted by molar-refractivity contribution is -0.133. The first-order valence-corrected chi connectivity index (χ1v) is 12.4. The Kier molecular flexibility index (Phi) is 7.18. The molecule has 1 amide bonds. The third-order valence-electron chi connectivity index (χ3n) is 7.11. The molecule has 2 aromatic carbocycles. The van der Waals surface area contributed by atoms with E-state index in [2.05, 4.69) is 15.0 Å². The number of benzene rings is 2. The van der Waals surface area contributed by atoms with Gasteiger partial charge >= 0.3 is 0 Å². The number of nitrogens with zero attached hydrogens (tertiary/aromatic N) is 4. The third kappa shape index (κ3) is 5.06. The predicted molar refractivity (Wildman–Crippen MR) is 131 cm³/mol. The number of rotatable bonds is 7. The van der Waals surface area contributed by atoms with Crippen molar-refractivity contribution >= 4 is 5.91 Å². The largest absolute Gasteiger partial charge is 0.497 e. The molecule has 2 atom stereocenters. The number of amides is 1. The van der Waals surface area contributed by atoms with Crippen molar-refractivity contribution in [1.82, 2.24) is 19.9 Å². The fourth-order valence-corrected chi connectivity index (χ4v) is 5.31. The monoisotopic (exact) mass is 494 g/mol. The Morgan fingerprint density at radius 2 is 1.97 bits per heavy atom. The molecule has 3 heterocycles. The highest BCUT2D eigenvalue weighted by molar-refractivity contribution is 5.79. The Morgan fingerprint density at radius 3 is 2.78 bits per heavy atom. The van der Waals surface area contributed by atoms with Crippen LogP contribution in [0, 0.1) is 5.82 Å². The summed E-state index contributed by atoms with van der Waals surface area (Å²) in [4.78, 5) is 22.1. The van der Waals surface area contributed by atoms with Gasteiger partial charge in [-0.3, -0.25) is 9.69 Å². The highest BCUT2D eigenvalue weighted by atomic mass is 19.1. The summed E-state index contributed by atoms with van der Waals surface area (Å²) in [6.07, 6.45) is 3.71. The topological polar surface area (TPSA) is 80.9 Å². The molecule has 3 aromatic rings. The van der Waals surface area contributed by atoms with Crippen molar-refractivity contribution in [1.29, 1.82) is 0 Å². The number of ether oxygens (including phenoxy) is 2. The van der Waals surface area contributed by atoms with Crippen LogP contribution in [0.4, 0.5) is 4.39 Å². The fraction of sp³-hybridized carbons (Fsp3) is 0.444. The molecule has 9 heteroatoms. The molecule has 0 radical (unpaired) electrons. The second kappa shape index (κ2) is 10.7. The van der Waals surface area contributed by atoms with Crippen LogP contribution in [0.15, 0.2) is 47.0 Å². The quantitative estimate of drug-likeness (QED) is 0.480. The van der Waals surface area contributed by atoms with Gasteiger partial charge in [-0.15, -0.1) is 0 Å². The maximum Gasteiger partial charge on any atom is 0.237 e. The Labute approximate surface area is 210 Å². The van der Waals surface area contributed by atoms with E-state index in [1.165, 1.54) is 12.1 Å². The molecule has 0 bridgehead atoms. The molecule has 2 unspecified atom stereocenters. The van der Waals surface area contributed by atoms with Gasteiger partial charge in [0.1, 0.15) is 17.3 Å². The zero-order valence-electron chi connectivity index (χ0n) is 20.7. The van der Waals surface area contributed by atoms with E-state index in [9.17, 15) is 9.18 Å². The van der Waals surface area contributed by atoms with Gasteiger partial charge in [0.05, 0.1) is 32.7 Å². The number of aromatic nitrogens is 2. The minimum absolute atomic E-state index is 0.0105. The lowest BCUT2D eigenvalue weighted by Crippen LogP contribution is -2.43. The molecule has 0 aliphatic carbocycles. The molecule has 5 rings (SSSR count). The zero-order valence-corrected chi connectivity index (χ0v) is 20.7. The van der Waals surface area contributed by atoms with E-state index in [0.29, 0.717) is 30.4 Å². The highest BCUT2D eigenvalue weighted by Crippen LogP contribution is 2.39. The van der Waals surface area contributed by atoms with E-state index in [1.54, 1.807) is 26.4 Å². The number of methoxy groups -OCH3 is 2. The van der Waals surface area contributed by atoms with Crippen LogP contribution in [0.2, 0.25) is 0 Å². The number of hydrogen-bond donors (Lipinski definition) is 0. The van der Waals surface area contributed by atoms with Gasteiger partial charge in [-0.25, -0.2) is 4.39 Å². The summed E-state index contributed by atoms with van der Waals surface area (Å²) >= 11 is 0. The average Bonchev–Trinajstić information content (AvgIpc) is 3.59. The minimum Gasteiger partial charge on any atom is -0.497 e. The number of carbonyl (C=O) groups excluding carboxylic acids is 1. The maximum absolute atomic E-state index is 13.6. The van der Waals surface area contributed by atoms with Gasteiger partial charge < -0.3 is 18.9 Å². The van der Waals surface area contributed by atoms with E-state index < -0.39 is 0 Å². The van der Waals surface area contributed by atoms with Gasteiger partial charge in [0.25, 0.3) is 0 Å². The second-order valence-electron chi connectivity index (χ2n) is 9.39. The van der Waals surface area contributed by atoms with E-state index in [-0.39, 0.29) is 23.7 Å². The average molecular weight is 495 g/mol. The molecule has 2 aliphatic heterocycles. The SMILES string of the molecule is COc1ccc(C2CCCN2C(=O)CN2CCCC(c3nc(-c4cccc(F)c4)no3)C2)c(OC)c1. The van der Waals surface area contributed by atoms with Gasteiger partial charge in [-0.05, 0) is 56.5 Å². The molecule has 1 aromatic heterocycles. The van der Waals surface area contributed by atoms with Gasteiger partial charge in [0.2, 0.25) is 17.6 Å². The van der Waals surface area contributed by atoms with Gasteiger partial charge in [-0.1, -0.05) is 17.3 Å². The first-order chi connectivity index (χ1) is 17.6. The van der Waals surface area contributed by atoms with Crippen LogP contribution < -0.4 is 9.47 Å². The summed E-state index contributed by atoms with van der Waals surface area (Å²) < 4.78 is 30.1. The van der Waals surface area contributed by atoms with Crippen molar-refractivity contribution in [2.24, 2.45) is 0 Å². The van der Waals surface area contributed by atoms with Crippen molar-refractivity contribution in [3.8, 4) is 22.9 Å². The van der Waals surface area contributed by atoms with E-state index in [4.69, 9.17) is 14.0 Å². The third-order valence-corrected chi connectivity index (χ3v) is 7.11. The summed E-state index contributed by atoms with van der Waals surface area (Å²) in [7, 11) is 3.27. The molecule has 0 N–H and O–H groups in total. The summed E-state index contributed by atoms with van der Waals surface area (Å²) in [5, 5.41) is 4.06. The number of carbonyl (C=O) groups is 1. The summed E-state index contributed by atoms with van der Waals surface area (Å²) in [6.45, 7) is 2.59. The van der Waals surface area contributed by atoms with Crippen molar-refractivity contribution < 1.29 is 23.2 Å². The Hall–Kier alpha value is -3.46. The van der Waals surface area contributed by atoms with Gasteiger partial charge in [0, 0.05) is 30.3 Å². The summed E-state index contributed by atoms with van der Waals surface area (Å²) in [5.74, 6) is 2.20. The molecule has 2 fully saturated rings. The van der Waals surface area contributed by atoms with Crippen molar-refractivity contribution in [2.75, 3.05) is 40.4 Å². The van der Waals surface area contributed by atoms with Crippen LogP contribution in [0.1, 0.15) is 49.1 Å². The smallest absolute Gasteiger partial charge is 0.237 e. The number of piperidine rings is 1. The Balaban J connectivity index is 1.25. The molecular weight excluding hydrogens is 463 g/mol. The molecule has 2 saturated heterocycles. The lowest BCUT2D eigenvalue weighted by Gasteiger charge is -2.33. The number of likely N-dealkylation sites (tertiary alicyclic amines) is 2. The molecule has 36 heavy (non-hydrogen) atoms. The van der Waals surface area contributed by atoms with Crippen LogP contribution in [-0.4, -0.2) is 66.2 Å². The van der Waals surface area contributed by atoms with Crippen LogP contribution in [0.3, 0.4) is 0 Å². The fourth-order valence-electron chi connectivity index (χ4n) is 5.31. The molecule has 190 valence electrons. The number of halogens is 1. The number of hydrogen-bond acceptors (Lipinski definition) is 7. The lowest BCUT2D eigenvalue weighted by atomic mass is 9.98. The second-order valence-corrected chi connectivity index (χ2v) is 9.39. The van der Waals surface area contributed by atoms with Crippen molar-refractivity contribution in [2.45, 2.75) is 37.6 Å². The standard InChI is InChI=1S/C27H31FN4O4/c1-34-21-10-11-22(24(15-21)35-2)23-9-5-13-32(23)25(33)17-31-12-4-7-19(16-31)27-29-26(30-36-27)18-6-3-8-20(28)14-18/h3,6,8,10-11,14-15,19,23H,4-5,7,9,12-13,16-17H2,1-2H3. The van der Waals surface area contributed by atoms with Gasteiger partial charge in [-0.2, -0.15) is 4.98 Å². The first kappa shape index (κ1) is 24.2. The predicted octanol–water partition coefficient (Wildman–Crippen LogP) is 4.44. The first-order valence-electron chi connectivity index (χ1n) is 12.4. The van der Waals surface area contributed by atoms with Crippen LogP contribution >= 0.6 is 0 Å². The zero-order chi connectivity index (χ0) is 25.1. The Morgan fingerprint density at radius 1 is 1.11 bits per heavy atom. The van der Waals surface area contributed by atoms with E-state index in [1.807, 2.05) is 23.1 Å². The Bertz CT molecular complexity index is 1220. The highest BCUT2D eigenvalue weighted by Gasteiger charge is 2.34.